The van der Waals surface area contributed by atoms with E-state index in [0.29, 0.717) is 6.54 Å². The summed E-state index contributed by atoms with van der Waals surface area (Å²) in [6, 6.07) is 14.1. The quantitative estimate of drug-likeness (QED) is 0.217. The van der Waals surface area contributed by atoms with E-state index in [1.807, 2.05) is 31.2 Å². The molecule has 0 aliphatic heterocycles. The Morgan fingerprint density at radius 1 is 0.968 bits per heavy atom. The molecule has 0 spiro atoms. The van der Waals surface area contributed by atoms with E-state index in [9.17, 15) is 10.2 Å². The van der Waals surface area contributed by atoms with Gasteiger partial charge in [0.1, 0.15) is 0 Å². The van der Waals surface area contributed by atoms with Gasteiger partial charge in [-0.15, -0.1) is 12.6 Å². The molecule has 1 atom stereocenters. The zero-order valence-electron chi connectivity index (χ0n) is 18.9. The summed E-state index contributed by atoms with van der Waals surface area (Å²) < 4.78 is 5.75. The monoisotopic (exact) mass is 445 g/mol. The van der Waals surface area contributed by atoms with Crippen molar-refractivity contribution in [2.45, 2.75) is 69.5 Å². The molecule has 0 aliphatic carbocycles. The van der Waals surface area contributed by atoms with Crippen molar-refractivity contribution in [3.05, 3.63) is 64.7 Å². The number of ether oxygens (including phenoxy) is 1. The molecule has 1 unspecified atom stereocenters. The summed E-state index contributed by atoms with van der Waals surface area (Å²) >= 11 is 4.38. The molecule has 2 aromatic rings. The van der Waals surface area contributed by atoms with Crippen molar-refractivity contribution < 1.29 is 14.9 Å². The highest BCUT2D eigenvalue weighted by molar-refractivity contribution is 7.80. The van der Waals surface area contributed by atoms with Crippen molar-refractivity contribution in [1.82, 2.24) is 5.32 Å². The van der Waals surface area contributed by atoms with Crippen LogP contribution in [0.1, 0.15) is 66.9 Å². The predicted octanol–water partition coefficient (Wildman–Crippen LogP) is 5.00. The number of aliphatic hydroxyl groups excluding tert-OH is 2. The number of nitrogens with one attached hydrogen (secondary N) is 1. The van der Waals surface area contributed by atoms with Crippen LogP contribution in [0.15, 0.2) is 47.4 Å². The SMILES string of the molecule is Cc1ccc(C(O)CNCCCCCCOCCCCc2cccc(S)c2)cc1CO. The highest BCUT2D eigenvalue weighted by Crippen LogP contribution is 2.17. The van der Waals surface area contributed by atoms with E-state index < -0.39 is 6.10 Å². The lowest BCUT2D eigenvalue weighted by atomic mass is 10.0. The van der Waals surface area contributed by atoms with E-state index in [-0.39, 0.29) is 6.61 Å². The van der Waals surface area contributed by atoms with Crippen molar-refractivity contribution in [3.63, 3.8) is 0 Å². The molecule has 2 aromatic carbocycles. The van der Waals surface area contributed by atoms with Gasteiger partial charge in [-0.3, -0.25) is 0 Å². The first kappa shape index (κ1) is 25.9. The lowest BCUT2D eigenvalue weighted by molar-refractivity contribution is 0.126. The number of unbranched alkanes of at least 4 members (excludes halogenated alkanes) is 4. The molecule has 0 radical (unpaired) electrons. The molecule has 0 bridgehead atoms. The van der Waals surface area contributed by atoms with Gasteiger partial charge in [-0.05, 0) is 80.0 Å². The Balaban J connectivity index is 1.39. The van der Waals surface area contributed by atoms with Crippen molar-refractivity contribution in [2.75, 3.05) is 26.3 Å². The minimum atomic E-state index is -0.541. The fourth-order valence-corrected chi connectivity index (χ4v) is 3.83. The van der Waals surface area contributed by atoms with Crippen LogP contribution in [0.25, 0.3) is 0 Å². The Labute approximate surface area is 193 Å². The Morgan fingerprint density at radius 3 is 2.52 bits per heavy atom. The number of hydrogen-bond acceptors (Lipinski definition) is 5. The molecule has 0 fully saturated rings. The third-order valence-electron chi connectivity index (χ3n) is 5.57. The fraction of sp³-hybridized carbons (Fsp3) is 0.538. The Morgan fingerprint density at radius 2 is 1.74 bits per heavy atom. The zero-order chi connectivity index (χ0) is 22.3. The third kappa shape index (κ3) is 10.7. The van der Waals surface area contributed by atoms with Gasteiger partial charge in [0, 0.05) is 24.7 Å². The maximum atomic E-state index is 10.3. The summed E-state index contributed by atoms with van der Waals surface area (Å²) in [7, 11) is 0. The molecular weight excluding hydrogens is 406 g/mol. The van der Waals surface area contributed by atoms with Gasteiger partial charge in [0.25, 0.3) is 0 Å². The topological polar surface area (TPSA) is 61.7 Å². The van der Waals surface area contributed by atoms with Crippen LogP contribution in [-0.2, 0) is 17.8 Å². The van der Waals surface area contributed by atoms with Crippen LogP contribution in [0.5, 0.6) is 0 Å². The van der Waals surface area contributed by atoms with Crippen LogP contribution >= 0.6 is 12.6 Å². The zero-order valence-corrected chi connectivity index (χ0v) is 19.7. The molecule has 0 aliphatic rings. The summed E-state index contributed by atoms with van der Waals surface area (Å²) in [5, 5.41) is 23.0. The average Bonchev–Trinajstić information content (AvgIpc) is 2.77. The van der Waals surface area contributed by atoms with Gasteiger partial charge in [0.15, 0.2) is 0 Å². The molecule has 31 heavy (non-hydrogen) atoms. The summed E-state index contributed by atoms with van der Waals surface area (Å²) in [5.41, 5.74) is 4.13. The number of benzene rings is 2. The Hall–Kier alpha value is -1.37. The molecule has 5 heteroatoms. The summed E-state index contributed by atoms with van der Waals surface area (Å²) in [5.74, 6) is 0. The summed E-state index contributed by atoms with van der Waals surface area (Å²) in [6.07, 6.45) is 7.36. The molecule has 0 saturated carbocycles. The largest absolute Gasteiger partial charge is 0.392 e. The van der Waals surface area contributed by atoms with Crippen molar-refractivity contribution >= 4 is 12.6 Å². The molecule has 172 valence electrons. The summed E-state index contributed by atoms with van der Waals surface area (Å²) in [6.45, 7) is 5.11. The highest BCUT2D eigenvalue weighted by atomic mass is 32.1. The molecule has 0 aromatic heterocycles. The first-order chi connectivity index (χ1) is 15.1. The number of aryl methyl sites for hydroxylation is 2. The van der Waals surface area contributed by atoms with E-state index in [2.05, 4.69) is 36.1 Å². The minimum Gasteiger partial charge on any atom is -0.392 e. The molecule has 0 amide bonds. The first-order valence-corrected chi connectivity index (χ1v) is 12.0. The highest BCUT2D eigenvalue weighted by Gasteiger charge is 2.08. The number of hydrogen-bond donors (Lipinski definition) is 4. The standard InChI is InChI=1S/C26H39NO3S/c1-21-12-13-23(18-24(21)20-28)26(29)19-27-14-5-2-3-6-15-30-16-7-4-9-22-10-8-11-25(31)17-22/h8,10-13,17-18,26-29,31H,2-7,9,14-16,19-20H2,1H3. The van der Waals surface area contributed by atoms with Gasteiger partial charge in [-0.25, -0.2) is 0 Å². The van der Waals surface area contributed by atoms with Crippen LogP contribution < -0.4 is 5.32 Å². The van der Waals surface area contributed by atoms with Crippen LogP contribution in [0.2, 0.25) is 0 Å². The van der Waals surface area contributed by atoms with E-state index in [4.69, 9.17) is 4.74 Å². The normalized spacial score (nSPS) is 12.3. The second-order valence-electron chi connectivity index (χ2n) is 8.22. The molecule has 2 rings (SSSR count). The summed E-state index contributed by atoms with van der Waals surface area (Å²) in [4.78, 5) is 1.03. The van der Waals surface area contributed by atoms with Crippen molar-refractivity contribution in [3.8, 4) is 0 Å². The van der Waals surface area contributed by atoms with Crippen LogP contribution in [0.4, 0.5) is 0 Å². The lowest BCUT2D eigenvalue weighted by Crippen LogP contribution is -2.22. The van der Waals surface area contributed by atoms with E-state index in [0.717, 1.165) is 73.4 Å². The van der Waals surface area contributed by atoms with Crippen molar-refractivity contribution in [1.29, 1.82) is 0 Å². The van der Waals surface area contributed by atoms with E-state index >= 15 is 0 Å². The molecular formula is C26H39NO3S. The maximum Gasteiger partial charge on any atom is 0.0914 e. The number of thiol groups is 1. The Bertz CT molecular complexity index is 753. The van der Waals surface area contributed by atoms with E-state index in [1.165, 1.54) is 18.4 Å². The molecule has 3 N–H and O–H groups in total. The van der Waals surface area contributed by atoms with Crippen LogP contribution in [0, 0.1) is 6.92 Å². The molecule has 4 nitrogen and oxygen atoms in total. The van der Waals surface area contributed by atoms with Gasteiger partial charge in [0.05, 0.1) is 12.7 Å². The van der Waals surface area contributed by atoms with Crippen LogP contribution in [0.3, 0.4) is 0 Å². The maximum absolute atomic E-state index is 10.3. The van der Waals surface area contributed by atoms with Crippen molar-refractivity contribution in [2.24, 2.45) is 0 Å². The Kier molecular flexibility index (Phi) is 12.9. The average molecular weight is 446 g/mol. The molecule has 0 heterocycles. The smallest absolute Gasteiger partial charge is 0.0914 e. The fourth-order valence-electron chi connectivity index (χ4n) is 3.58. The minimum absolute atomic E-state index is 0.00833. The van der Waals surface area contributed by atoms with Gasteiger partial charge >= 0.3 is 0 Å². The second-order valence-corrected chi connectivity index (χ2v) is 8.73. The molecule has 0 saturated heterocycles. The van der Waals surface area contributed by atoms with Gasteiger partial charge in [-0.2, -0.15) is 0 Å². The predicted molar refractivity (Wildman–Crippen MR) is 131 cm³/mol. The second kappa shape index (κ2) is 15.4. The third-order valence-corrected chi connectivity index (χ3v) is 5.85. The number of rotatable bonds is 16. The van der Waals surface area contributed by atoms with Gasteiger partial charge in [-0.1, -0.05) is 43.2 Å². The van der Waals surface area contributed by atoms with E-state index in [1.54, 1.807) is 0 Å². The number of aliphatic hydroxyl groups is 2. The van der Waals surface area contributed by atoms with Gasteiger partial charge < -0.3 is 20.3 Å². The lowest BCUT2D eigenvalue weighted by Gasteiger charge is -2.14. The van der Waals surface area contributed by atoms with Gasteiger partial charge in [0.2, 0.25) is 0 Å². The first-order valence-electron chi connectivity index (χ1n) is 11.5. The van der Waals surface area contributed by atoms with Crippen LogP contribution in [-0.4, -0.2) is 36.5 Å².